The van der Waals surface area contributed by atoms with Crippen molar-refractivity contribution in [1.29, 1.82) is 0 Å². The average molecular weight is 440 g/mol. The van der Waals surface area contributed by atoms with E-state index in [1.807, 2.05) is 28.0 Å². The molecule has 1 atom stereocenters. The highest BCUT2D eigenvalue weighted by atomic mass is 35.5. The lowest BCUT2D eigenvalue weighted by Crippen LogP contribution is -2.51. The van der Waals surface area contributed by atoms with Gasteiger partial charge in [-0.15, -0.1) is 0 Å². The number of hydrogen-bond acceptors (Lipinski definition) is 7. The van der Waals surface area contributed by atoms with Crippen LogP contribution in [0.3, 0.4) is 0 Å². The summed E-state index contributed by atoms with van der Waals surface area (Å²) in [6.07, 6.45) is 0.848. The van der Waals surface area contributed by atoms with E-state index in [0.717, 1.165) is 5.56 Å². The van der Waals surface area contributed by atoms with Gasteiger partial charge < -0.3 is 14.8 Å². The molecule has 0 bridgehead atoms. The lowest BCUT2D eigenvalue weighted by atomic mass is 10.0. The molecule has 0 aliphatic carbocycles. The van der Waals surface area contributed by atoms with Gasteiger partial charge in [-0.2, -0.15) is 0 Å². The second-order valence-corrected chi connectivity index (χ2v) is 7.43. The van der Waals surface area contributed by atoms with Crippen molar-refractivity contribution in [3.63, 3.8) is 0 Å². The number of carbonyl (C=O) groups excluding carboxylic acids is 3. The summed E-state index contributed by atoms with van der Waals surface area (Å²) in [4.78, 5) is 39.9. The van der Waals surface area contributed by atoms with Crippen LogP contribution in [-0.2, 0) is 23.9 Å². The molecular weight excluding hydrogens is 410 g/mol. The molecule has 1 saturated heterocycles. The molecule has 1 heterocycles. The Bertz CT molecular complexity index is 722. The Balaban J connectivity index is 1.80. The molecule has 1 aromatic carbocycles. The maximum atomic E-state index is 12.4. The minimum absolute atomic E-state index is 0.0806. The molecule has 1 aliphatic heterocycles. The molecule has 0 saturated carbocycles. The number of benzene rings is 1. The van der Waals surface area contributed by atoms with Gasteiger partial charge in [0.25, 0.3) is 0 Å². The average Bonchev–Trinajstić information content (AvgIpc) is 2.74. The van der Waals surface area contributed by atoms with E-state index in [4.69, 9.17) is 21.1 Å². The van der Waals surface area contributed by atoms with Crippen molar-refractivity contribution in [3.8, 4) is 0 Å². The van der Waals surface area contributed by atoms with Gasteiger partial charge in [-0.1, -0.05) is 29.8 Å². The Morgan fingerprint density at radius 2 is 1.87 bits per heavy atom. The lowest BCUT2D eigenvalue weighted by molar-refractivity contribution is -0.148. The second-order valence-electron chi connectivity index (χ2n) is 7.02. The first-order valence-electron chi connectivity index (χ1n) is 10.2. The zero-order chi connectivity index (χ0) is 21.9. The number of carbonyl (C=O) groups is 3. The fourth-order valence-corrected chi connectivity index (χ4v) is 3.65. The number of hydrogen-bond donors (Lipinski definition) is 1. The molecule has 0 spiro atoms. The van der Waals surface area contributed by atoms with Crippen LogP contribution in [0.1, 0.15) is 31.4 Å². The summed E-state index contributed by atoms with van der Waals surface area (Å²) in [5.74, 6) is -0.680. The molecule has 0 radical (unpaired) electrons. The van der Waals surface area contributed by atoms with E-state index in [9.17, 15) is 14.4 Å². The molecule has 1 amide bonds. The summed E-state index contributed by atoms with van der Waals surface area (Å²) >= 11 is 6.31. The van der Waals surface area contributed by atoms with Crippen LogP contribution in [0.2, 0.25) is 5.02 Å². The van der Waals surface area contributed by atoms with Crippen molar-refractivity contribution >= 4 is 29.4 Å². The Hall–Kier alpha value is -2.16. The third kappa shape index (κ3) is 7.27. The molecule has 0 aromatic heterocycles. The van der Waals surface area contributed by atoms with Crippen LogP contribution in [0.5, 0.6) is 0 Å². The summed E-state index contributed by atoms with van der Waals surface area (Å²) < 4.78 is 9.86. The summed E-state index contributed by atoms with van der Waals surface area (Å²) in [5.41, 5.74) is 0.721. The van der Waals surface area contributed by atoms with E-state index in [1.54, 1.807) is 13.0 Å². The van der Waals surface area contributed by atoms with Gasteiger partial charge in [0.2, 0.25) is 5.91 Å². The van der Waals surface area contributed by atoms with Crippen molar-refractivity contribution in [3.05, 3.63) is 34.9 Å². The van der Waals surface area contributed by atoms with Crippen LogP contribution < -0.4 is 5.32 Å². The van der Waals surface area contributed by atoms with Crippen LogP contribution in [0.25, 0.3) is 0 Å². The van der Waals surface area contributed by atoms with Gasteiger partial charge in [0.1, 0.15) is 6.04 Å². The van der Waals surface area contributed by atoms with Crippen LogP contribution in [0.4, 0.5) is 0 Å². The molecule has 1 aliphatic rings. The number of rotatable bonds is 10. The minimum atomic E-state index is -0.567. The van der Waals surface area contributed by atoms with E-state index in [-0.39, 0.29) is 24.4 Å². The maximum absolute atomic E-state index is 12.4. The zero-order valence-corrected chi connectivity index (χ0v) is 18.3. The number of esters is 2. The van der Waals surface area contributed by atoms with Crippen molar-refractivity contribution in [2.24, 2.45) is 0 Å². The first-order chi connectivity index (χ1) is 14.5. The summed E-state index contributed by atoms with van der Waals surface area (Å²) in [5, 5.41) is 3.35. The normalized spacial score (nSPS) is 16.0. The van der Waals surface area contributed by atoms with Gasteiger partial charge in [-0.25, -0.2) is 4.79 Å². The van der Waals surface area contributed by atoms with Crippen LogP contribution in [-0.4, -0.2) is 80.6 Å². The van der Waals surface area contributed by atoms with E-state index in [1.165, 1.54) is 7.11 Å². The van der Waals surface area contributed by atoms with Crippen molar-refractivity contribution in [2.75, 3.05) is 53.0 Å². The third-order valence-electron chi connectivity index (χ3n) is 4.95. The van der Waals surface area contributed by atoms with Crippen LogP contribution >= 0.6 is 11.6 Å². The van der Waals surface area contributed by atoms with Gasteiger partial charge in [-0.3, -0.25) is 19.4 Å². The topological polar surface area (TPSA) is 88.2 Å². The Morgan fingerprint density at radius 3 is 2.50 bits per heavy atom. The first kappa shape index (κ1) is 24.1. The summed E-state index contributed by atoms with van der Waals surface area (Å²) in [7, 11) is 1.37. The molecule has 1 fully saturated rings. The second kappa shape index (κ2) is 12.5. The first-order valence-corrected chi connectivity index (χ1v) is 10.5. The number of ether oxygens (including phenoxy) is 2. The highest BCUT2D eigenvalue weighted by Gasteiger charge is 2.32. The van der Waals surface area contributed by atoms with E-state index in [2.05, 4.69) is 5.32 Å². The molecule has 2 rings (SSSR count). The monoisotopic (exact) mass is 439 g/mol. The maximum Gasteiger partial charge on any atom is 0.327 e. The molecule has 1 aromatic rings. The van der Waals surface area contributed by atoms with Gasteiger partial charge in [-0.05, 0) is 25.0 Å². The third-order valence-corrected chi connectivity index (χ3v) is 5.29. The summed E-state index contributed by atoms with van der Waals surface area (Å²) in [6.45, 7) is 5.37. The number of nitrogens with zero attached hydrogens (tertiary/aromatic N) is 2. The van der Waals surface area contributed by atoms with Crippen LogP contribution in [0.15, 0.2) is 24.3 Å². The van der Waals surface area contributed by atoms with Gasteiger partial charge >= 0.3 is 11.9 Å². The standard InChI is InChI=1S/C21H30ClN3O5/c1-3-30-19(27)9-6-10-23-18(26)15-24-11-13-25(14-12-24)20(21(28)29-2)16-7-4-5-8-17(16)22/h4-5,7-8,20H,3,6,9-15H2,1-2H3,(H,23,26)/t20-/m0/s1. The molecule has 9 heteroatoms. The number of piperazine rings is 1. The van der Waals surface area contributed by atoms with Crippen molar-refractivity contribution in [2.45, 2.75) is 25.8 Å². The molecule has 1 N–H and O–H groups in total. The van der Waals surface area contributed by atoms with Gasteiger partial charge in [0.05, 0.1) is 20.3 Å². The largest absolute Gasteiger partial charge is 0.468 e. The fourth-order valence-electron chi connectivity index (χ4n) is 3.41. The Labute approximate surface area is 182 Å². The molecule has 166 valence electrons. The highest BCUT2D eigenvalue weighted by Crippen LogP contribution is 2.29. The molecule has 0 unspecified atom stereocenters. The smallest absolute Gasteiger partial charge is 0.327 e. The lowest BCUT2D eigenvalue weighted by Gasteiger charge is -2.38. The number of nitrogens with one attached hydrogen (secondary N) is 1. The van der Waals surface area contributed by atoms with Crippen molar-refractivity contribution < 1.29 is 23.9 Å². The van der Waals surface area contributed by atoms with E-state index in [0.29, 0.717) is 57.2 Å². The number of halogens is 1. The molecular formula is C21H30ClN3O5. The predicted molar refractivity (Wildman–Crippen MR) is 113 cm³/mol. The molecule has 30 heavy (non-hydrogen) atoms. The van der Waals surface area contributed by atoms with Gasteiger partial charge in [0.15, 0.2) is 0 Å². The van der Waals surface area contributed by atoms with Gasteiger partial charge in [0, 0.05) is 44.2 Å². The SMILES string of the molecule is CCOC(=O)CCCNC(=O)CN1CCN([C@H](C(=O)OC)c2ccccc2Cl)CC1. The number of methoxy groups -OCH3 is 1. The fraction of sp³-hybridized carbons (Fsp3) is 0.571. The Kier molecular flexibility index (Phi) is 10.1. The summed E-state index contributed by atoms with van der Waals surface area (Å²) in [6, 6.07) is 6.70. The predicted octanol–water partition coefficient (Wildman–Crippen LogP) is 1.63. The van der Waals surface area contributed by atoms with E-state index >= 15 is 0 Å². The number of amides is 1. The van der Waals surface area contributed by atoms with Crippen molar-refractivity contribution in [1.82, 2.24) is 15.1 Å². The van der Waals surface area contributed by atoms with Crippen LogP contribution in [0, 0.1) is 0 Å². The highest BCUT2D eigenvalue weighted by molar-refractivity contribution is 6.31. The quantitative estimate of drug-likeness (QED) is 0.438. The molecule has 8 nitrogen and oxygen atoms in total. The zero-order valence-electron chi connectivity index (χ0n) is 17.6. The minimum Gasteiger partial charge on any atom is -0.468 e. The Morgan fingerprint density at radius 1 is 1.17 bits per heavy atom. The van der Waals surface area contributed by atoms with E-state index < -0.39 is 6.04 Å².